The molecule has 0 bridgehead atoms. The Morgan fingerprint density at radius 3 is 2.53 bits per heavy atom. The number of hydrogen-bond acceptors (Lipinski definition) is 4. The lowest BCUT2D eigenvalue weighted by Crippen LogP contribution is -2.37. The van der Waals surface area contributed by atoms with Crippen molar-refractivity contribution in [1.82, 2.24) is 13.1 Å². The number of fused-ring (bicyclic) bond motifs is 1. The summed E-state index contributed by atoms with van der Waals surface area (Å²) >= 11 is 1.94. The van der Waals surface area contributed by atoms with Gasteiger partial charge in [0, 0.05) is 22.4 Å². The standard InChI is InChI=1S/C20H19FIN3O4S/c1-4-7-20(8-9-20)30(28,29)25-16-11-23(3)18(26)12(2)17(16)24(19(25)27)15-6-5-13(22)10-14(15)21/h4-6,10-11H,1,7-9H2,2-3H3. The van der Waals surface area contributed by atoms with Gasteiger partial charge in [-0.3, -0.25) is 9.36 Å². The molecular formula is C20H19FIN3O4S. The average Bonchev–Trinajstić information content (AvgIpc) is 3.40. The summed E-state index contributed by atoms with van der Waals surface area (Å²) in [5, 5.41) is 0. The van der Waals surface area contributed by atoms with Crippen LogP contribution in [0, 0.1) is 16.3 Å². The quantitative estimate of drug-likeness (QED) is 0.366. The van der Waals surface area contributed by atoms with Gasteiger partial charge in [0.1, 0.15) is 11.3 Å². The monoisotopic (exact) mass is 543 g/mol. The molecule has 2 aromatic heterocycles. The van der Waals surface area contributed by atoms with Gasteiger partial charge in [-0.05, 0) is 67.0 Å². The summed E-state index contributed by atoms with van der Waals surface area (Å²) in [4.78, 5) is 26.0. The fourth-order valence-corrected chi connectivity index (χ4v) is 6.33. The van der Waals surface area contributed by atoms with Crippen LogP contribution in [0.25, 0.3) is 16.7 Å². The van der Waals surface area contributed by atoms with E-state index >= 15 is 0 Å². The molecule has 10 heteroatoms. The second-order valence-electron chi connectivity index (χ2n) is 7.56. The summed E-state index contributed by atoms with van der Waals surface area (Å²) < 4.78 is 44.4. The Morgan fingerprint density at radius 1 is 1.30 bits per heavy atom. The Labute approximate surface area is 185 Å². The van der Waals surface area contributed by atoms with Crippen LogP contribution in [-0.2, 0) is 17.1 Å². The molecular weight excluding hydrogens is 524 g/mol. The van der Waals surface area contributed by atoms with Gasteiger partial charge in [0.15, 0.2) is 0 Å². The van der Waals surface area contributed by atoms with Crippen molar-refractivity contribution in [3.63, 3.8) is 0 Å². The van der Waals surface area contributed by atoms with Crippen LogP contribution in [0.4, 0.5) is 4.39 Å². The summed E-state index contributed by atoms with van der Waals surface area (Å²) in [5.74, 6) is -0.687. The normalized spacial score (nSPS) is 15.5. The van der Waals surface area contributed by atoms with Crippen molar-refractivity contribution in [2.45, 2.75) is 30.9 Å². The van der Waals surface area contributed by atoms with E-state index in [1.807, 2.05) is 22.6 Å². The number of halogens is 2. The zero-order valence-corrected chi connectivity index (χ0v) is 19.3. The molecule has 1 aliphatic carbocycles. The van der Waals surface area contributed by atoms with Crippen molar-refractivity contribution in [3.8, 4) is 5.69 Å². The molecule has 0 N–H and O–H groups in total. The van der Waals surface area contributed by atoms with E-state index in [4.69, 9.17) is 0 Å². The number of allylic oxidation sites excluding steroid dienone is 1. The molecule has 7 nitrogen and oxygen atoms in total. The highest BCUT2D eigenvalue weighted by atomic mass is 127. The summed E-state index contributed by atoms with van der Waals surface area (Å²) in [6.45, 7) is 5.14. The lowest BCUT2D eigenvalue weighted by Gasteiger charge is -2.15. The lowest BCUT2D eigenvalue weighted by atomic mass is 10.2. The van der Waals surface area contributed by atoms with E-state index in [0.717, 1.165) is 8.54 Å². The number of rotatable bonds is 5. The van der Waals surface area contributed by atoms with Gasteiger partial charge in [-0.1, -0.05) is 6.08 Å². The van der Waals surface area contributed by atoms with Gasteiger partial charge in [0.2, 0.25) is 10.0 Å². The highest BCUT2D eigenvalue weighted by molar-refractivity contribution is 14.1. The maximum atomic E-state index is 14.8. The number of aryl methyl sites for hydroxylation is 2. The molecule has 0 aliphatic heterocycles. The van der Waals surface area contributed by atoms with E-state index < -0.39 is 31.8 Å². The molecule has 0 spiro atoms. The Morgan fingerprint density at radius 2 is 1.97 bits per heavy atom. The second kappa shape index (κ2) is 6.91. The van der Waals surface area contributed by atoms with E-state index in [-0.39, 0.29) is 28.7 Å². The topological polar surface area (TPSA) is 83.1 Å². The van der Waals surface area contributed by atoms with Crippen molar-refractivity contribution < 1.29 is 12.8 Å². The second-order valence-corrected chi connectivity index (χ2v) is 11.0. The zero-order chi connectivity index (χ0) is 22.0. The third-order valence-electron chi connectivity index (χ3n) is 5.62. The van der Waals surface area contributed by atoms with E-state index in [0.29, 0.717) is 16.4 Å². The fraction of sp³-hybridized carbons (Fsp3) is 0.300. The van der Waals surface area contributed by atoms with Gasteiger partial charge in [0.25, 0.3) is 5.56 Å². The third-order valence-corrected chi connectivity index (χ3v) is 8.80. The number of imidazole rings is 1. The minimum atomic E-state index is -4.13. The van der Waals surface area contributed by atoms with Crippen LogP contribution in [0.5, 0.6) is 0 Å². The molecule has 1 aliphatic rings. The molecule has 1 fully saturated rings. The van der Waals surface area contributed by atoms with Crippen molar-refractivity contribution in [2.24, 2.45) is 7.05 Å². The van der Waals surface area contributed by atoms with Gasteiger partial charge in [-0.2, -0.15) is 3.97 Å². The third kappa shape index (κ3) is 2.83. The summed E-state index contributed by atoms with van der Waals surface area (Å²) in [5.41, 5.74) is -1.14. The van der Waals surface area contributed by atoms with E-state index in [9.17, 15) is 22.4 Å². The van der Waals surface area contributed by atoms with Crippen molar-refractivity contribution >= 4 is 43.6 Å². The predicted molar refractivity (Wildman–Crippen MR) is 121 cm³/mol. The van der Waals surface area contributed by atoms with Gasteiger partial charge >= 0.3 is 5.69 Å². The average molecular weight is 543 g/mol. The molecule has 0 radical (unpaired) electrons. The van der Waals surface area contributed by atoms with Gasteiger partial charge in [-0.15, -0.1) is 6.58 Å². The van der Waals surface area contributed by atoms with Crippen LogP contribution >= 0.6 is 22.6 Å². The van der Waals surface area contributed by atoms with Crippen LogP contribution < -0.4 is 11.2 Å². The highest BCUT2D eigenvalue weighted by Crippen LogP contribution is 2.48. The molecule has 3 aromatic rings. The first-order valence-corrected chi connectivity index (χ1v) is 11.7. The van der Waals surface area contributed by atoms with Crippen molar-refractivity contribution in [2.75, 3.05) is 0 Å². The van der Waals surface area contributed by atoms with E-state index in [1.54, 1.807) is 6.07 Å². The summed E-state index contributed by atoms with van der Waals surface area (Å²) in [7, 11) is -2.65. The summed E-state index contributed by atoms with van der Waals surface area (Å²) in [6.07, 6.45) is 3.85. The smallest absolute Gasteiger partial charge is 0.316 e. The molecule has 1 aromatic carbocycles. The van der Waals surface area contributed by atoms with E-state index in [1.165, 1.54) is 42.9 Å². The fourth-order valence-electron chi connectivity index (χ4n) is 3.86. The molecule has 0 atom stereocenters. The van der Waals surface area contributed by atoms with Crippen LogP contribution in [0.2, 0.25) is 0 Å². The molecule has 0 unspecified atom stereocenters. The Balaban J connectivity index is 2.19. The number of benzene rings is 1. The first kappa shape index (κ1) is 21.0. The molecule has 1 saturated carbocycles. The minimum absolute atomic E-state index is 0.0490. The molecule has 4 rings (SSSR count). The van der Waals surface area contributed by atoms with Crippen molar-refractivity contribution in [1.29, 1.82) is 0 Å². The Kier molecular flexibility index (Phi) is 4.84. The Hall–Kier alpha value is -2.21. The SMILES string of the molecule is C=CCC1(S(=O)(=O)n2c(=O)n(-c3ccc(I)cc3F)c3c(C)c(=O)n(C)cc32)CC1. The van der Waals surface area contributed by atoms with Crippen molar-refractivity contribution in [3.05, 3.63) is 72.8 Å². The molecule has 158 valence electrons. The zero-order valence-electron chi connectivity index (χ0n) is 16.4. The number of pyridine rings is 1. The highest BCUT2D eigenvalue weighted by Gasteiger charge is 2.55. The first-order chi connectivity index (χ1) is 14.1. The summed E-state index contributed by atoms with van der Waals surface area (Å²) in [6, 6.07) is 4.26. The van der Waals surface area contributed by atoms with E-state index in [2.05, 4.69) is 6.58 Å². The minimum Gasteiger partial charge on any atom is -0.316 e. The van der Waals surface area contributed by atoms with Gasteiger partial charge in [0.05, 0.1) is 16.0 Å². The van der Waals surface area contributed by atoms with Gasteiger partial charge in [-0.25, -0.2) is 17.6 Å². The lowest BCUT2D eigenvalue weighted by molar-refractivity contribution is 0.565. The maximum absolute atomic E-state index is 14.8. The Bertz CT molecular complexity index is 1450. The molecule has 2 heterocycles. The largest absolute Gasteiger partial charge is 0.347 e. The molecule has 30 heavy (non-hydrogen) atoms. The molecule has 0 amide bonds. The first-order valence-electron chi connectivity index (χ1n) is 9.21. The maximum Gasteiger partial charge on any atom is 0.347 e. The van der Waals surface area contributed by atoms with Crippen LogP contribution in [-0.4, -0.2) is 26.3 Å². The van der Waals surface area contributed by atoms with Crippen LogP contribution in [0.15, 0.2) is 46.6 Å². The number of nitrogens with zero attached hydrogens (tertiary/aromatic N) is 3. The van der Waals surface area contributed by atoms with Crippen LogP contribution in [0.1, 0.15) is 24.8 Å². The number of hydrogen-bond donors (Lipinski definition) is 0. The molecule has 0 saturated heterocycles. The van der Waals surface area contributed by atoms with Gasteiger partial charge < -0.3 is 4.57 Å². The van der Waals surface area contributed by atoms with Crippen LogP contribution in [0.3, 0.4) is 0 Å². The predicted octanol–water partition coefficient (Wildman–Crippen LogP) is 2.83. The number of aromatic nitrogens is 3.